The average molecular weight is 474 g/mol. The zero-order valence-corrected chi connectivity index (χ0v) is 18.8. The van der Waals surface area contributed by atoms with Gasteiger partial charge in [0, 0.05) is 29.6 Å². The van der Waals surface area contributed by atoms with Crippen LogP contribution in [-0.4, -0.2) is 49.6 Å². The summed E-state index contributed by atoms with van der Waals surface area (Å²) in [4.78, 5) is 38.8. The van der Waals surface area contributed by atoms with E-state index in [1.54, 1.807) is 47.4 Å². The first-order valence-corrected chi connectivity index (χ1v) is 12.1. The molecule has 0 aliphatic carbocycles. The van der Waals surface area contributed by atoms with Gasteiger partial charge in [0.25, 0.3) is 10.0 Å². The minimum atomic E-state index is -3.47. The highest BCUT2D eigenvalue weighted by atomic mass is 32.2. The molecule has 2 heterocycles. The van der Waals surface area contributed by atoms with Crippen molar-refractivity contribution in [2.45, 2.75) is 24.8 Å². The van der Waals surface area contributed by atoms with E-state index >= 15 is 0 Å². The highest BCUT2D eigenvalue weighted by molar-refractivity contribution is 8.15. The predicted molar refractivity (Wildman–Crippen MR) is 121 cm³/mol. The molecule has 0 aromatic heterocycles. The zero-order chi connectivity index (χ0) is 23.0. The Labute approximate surface area is 188 Å². The molecule has 9 nitrogen and oxygen atoms in total. The summed E-state index contributed by atoms with van der Waals surface area (Å²) in [5.41, 5.74) is 1.94. The van der Waals surface area contributed by atoms with E-state index in [2.05, 4.69) is 9.71 Å². The topological polar surface area (TPSA) is 122 Å². The van der Waals surface area contributed by atoms with Gasteiger partial charge in [-0.1, -0.05) is 0 Å². The molecule has 166 valence electrons. The van der Waals surface area contributed by atoms with Gasteiger partial charge in [-0.2, -0.15) is 0 Å². The largest absolute Gasteiger partial charge is 0.451 e. The molecule has 0 bridgehead atoms. The lowest BCUT2D eigenvalue weighted by atomic mass is 10.1. The lowest BCUT2D eigenvalue weighted by Crippen LogP contribution is -2.35. The van der Waals surface area contributed by atoms with E-state index in [1.807, 2.05) is 0 Å². The van der Waals surface area contributed by atoms with Gasteiger partial charge in [0.1, 0.15) is 0 Å². The number of ether oxygens (including phenoxy) is 1. The number of rotatable bonds is 5. The highest BCUT2D eigenvalue weighted by Crippen LogP contribution is 2.42. The van der Waals surface area contributed by atoms with Crippen molar-refractivity contribution in [3.8, 4) is 0 Å². The maximum atomic E-state index is 12.6. The number of hydrogen-bond donors (Lipinski definition) is 1. The molecule has 2 aliphatic heterocycles. The molecule has 32 heavy (non-hydrogen) atoms. The van der Waals surface area contributed by atoms with E-state index in [1.165, 1.54) is 25.6 Å². The number of carbonyl (C=O) groups is 3. The molecule has 0 spiro atoms. The molecule has 0 radical (unpaired) electrons. The Kier molecular flexibility index (Phi) is 5.78. The summed E-state index contributed by atoms with van der Waals surface area (Å²) in [6.45, 7) is 3.18. The number of nitrogens with one attached hydrogen (secondary N) is 1. The van der Waals surface area contributed by atoms with E-state index in [4.69, 9.17) is 4.74 Å². The molecule has 4 rings (SSSR count). The number of Topliss-reactive ketones (excluding diaryl/α,β-unsaturated/α-hetero) is 1. The lowest BCUT2D eigenvalue weighted by molar-refractivity contribution is -0.114. The number of amidine groups is 1. The molecule has 0 saturated heterocycles. The molecule has 11 heteroatoms. The van der Waals surface area contributed by atoms with Crippen LogP contribution >= 0.6 is 11.8 Å². The monoisotopic (exact) mass is 473 g/mol. The Balaban J connectivity index is 1.45. The Morgan fingerprint density at radius 1 is 1.12 bits per heavy atom. The van der Waals surface area contributed by atoms with Crippen LogP contribution in [0.2, 0.25) is 0 Å². The van der Waals surface area contributed by atoms with Gasteiger partial charge in [-0.05, 0) is 61.2 Å². The number of carbonyl (C=O) groups excluding carboxylic acids is 3. The number of amides is 1. The van der Waals surface area contributed by atoms with Gasteiger partial charge in [0.15, 0.2) is 11.3 Å². The normalized spacial score (nSPS) is 16.9. The van der Waals surface area contributed by atoms with Gasteiger partial charge in [0.05, 0.1) is 17.0 Å². The lowest BCUT2D eigenvalue weighted by Gasteiger charge is -2.22. The van der Waals surface area contributed by atoms with Crippen LogP contribution in [0.1, 0.15) is 34.6 Å². The summed E-state index contributed by atoms with van der Waals surface area (Å²) in [6.07, 6.45) is -1.02. The van der Waals surface area contributed by atoms with Crippen molar-refractivity contribution in [1.82, 2.24) is 0 Å². The van der Waals surface area contributed by atoms with Crippen LogP contribution in [0.3, 0.4) is 0 Å². The molecular weight excluding hydrogens is 454 g/mol. The molecule has 2 aromatic carbocycles. The molecule has 1 amide bonds. The second-order valence-corrected chi connectivity index (χ2v) is 10.0. The van der Waals surface area contributed by atoms with Crippen molar-refractivity contribution in [3.05, 3.63) is 53.6 Å². The van der Waals surface area contributed by atoms with Crippen LogP contribution in [0, 0.1) is 0 Å². The number of sulfonamides is 1. The Bertz CT molecular complexity index is 1250. The van der Waals surface area contributed by atoms with E-state index < -0.39 is 22.1 Å². The molecule has 1 N–H and O–H groups in total. The molecule has 0 fully saturated rings. The summed E-state index contributed by atoms with van der Waals surface area (Å²) >= 11 is 1.17. The predicted octanol–water partition coefficient (Wildman–Crippen LogP) is 2.68. The summed E-state index contributed by atoms with van der Waals surface area (Å²) < 4.78 is 32.6. The summed E-state index contributed by atoms with van der Waals surface area (Å²) in [6, 6.07) is 11.2. The third-order valence-electron chi connectivity index (χ3n) is 4.85. The van der Waals surface area contributed by atoms with Crippen molar-refractivity contribution in [2.75, 3.05) is 22.5 Å². The fourth-order valence-electron chi connectivity index (χ4n) is 3.30. The SMILES string of the molecule is CC(=O)Nc1ccc(C(=O)[C@@H](C)OC(=O)c2ccc3c(c2)SC2=NS(=O)(=O)CCN23)cc1. The van der Waals surface area contributed by atoms with Crippen LogP contribution in [-0.2, 0) is 19.6 Å². The standard InChI is InChI=1S/C21H19N3O6S2/c1-12(19(26)14-3-6-16(7-4-14)22-13(2)25)30-20(27)15-5-8-17-18(11-15)31-21-23-32(28,29)10-9-24(17)21/h3-8,11-12H,9-10H2,1-2H3,(H,22,25)/t12-/m1/s1. The van der Waals surface area contributed by atoms with Gasteiger partial charge in [-0.25, -0.2) is 13.2 Å². The number of nitrogens with zero attached hydrogens (tertiary/aromatic N) is 2. The highest BCUT2D eigenvalue weighted by Gasteiger charge is 2.33. The van der Waals surface area contributed by atoms with Crippen LogP contribution in [0.5, 0.6) is 0 Å². The van der Waals surface area contributed by atoms with E-state index in [-0.39, 0.29) is 23.0 Å². The van der Waals surface area contributed by atoms with E-state index in [0.29, 0.717) is 27.9 Å². The first-order chi connectivity index (χ1) is 15.1. The van der Waals surface area contributed by atoms with Crippen molar-refractivity contribution in [1.29, 1.82) is 0 Å². The number of fused-ring (bicyclic) bond motifs is 3. The van der Waals surface area contributed by atoms with E-state index in [9.17, 15) is 22.8 Å². The fourth-order valence-corrected chi connectivity index (χ4v) is 5.59. The summed E-state index contributed by atoms with van der Waals surface area (Å²) in [7, 11) is -3.47. The molecular formula is C21H19N3O6S2. The minimum absolute atomic E-state index is 0.0638. The van der Waals surface area contributed by atoms with Crippen molar-refractivity contribution >= 4 is 56.0 Å². The minimum Gasteiger partial charge on any atom is -0.451 e. The number of thioether (sulfide) groups is 1. The molecule has 1 atom stereocenters. The van der Waals surface area contributed by atoms with Gasteiger partial charge in [-0.3, -0.25) is 9.59 Å². The third kappa shape index (κ3) is 4.53. The van der Waals surface area contributed by atoms with Crippen molar-refractivity contribution < 1.29 is 27.5 Å². The second kappa shape index (κ2) is 8.40. The number of benzene rings is 2. The third-order valence-corrected chi connectivity index (χ3v) is 7.16. The number of hydrogen-bond acceptors (Lipinski definition) is 8. The van der Waals surface area contributed by atoms with Crippen LogP contribution in [0.4, 0.5) is 11.4 Å². The van der Waals surface area contributed by atoms with Gasteiger partial charge < -0.3 is 15.0 Å². The second-order valence-electron chi connectivity index (χ2n) is 7.27. The van der Waals surface area contributed by atoms with Crippen LogP contribution in [0.15, 0.2) is 51.8 Å². The molecule has 2 aromatic rings. The Morgan fingerprint density at radius 2 is 1.81 bits per heavy atom. The number of ketones is 1. The van der Waals surface area contributed by atoms with Gasteiger partial charge in [-0.15, -0.1) is 4.40 Å². The first kappa shape index (κ1) is 22.0. The number of esters is 1. The van der Waals surface area contributed by atoms with Gasteiger partial charge >= 0.3 is 5.97 Å². The van der Waals surface area contributed by atoms with Crippen molar-refractivity contribution in [2.24, 2.45) is 4.40 Å². The first-order valence-electron chi connectivity index (χ1n) is 9.68. The quantitative estimate of drug-likeness (QED) is 0.520. The molecule has 0 unspecified atom stereocenters. The Morgan fingerprint density at radius 3 is 2.50 bits per heavy atom. The average Bonchev–Trinajstić information content (AvgIpc) is 3.08. The van der Waals surface area contributed by atoms with E-state index in [0.717, 1.165) is 5.69 Å². The molecule has 0 saturated carbocycles. The maximum absolute atomic E-state index is 12.6. The zero-order valence-electron chi connectivity index (χ0n) is 17.2. The van der Waals surface area contributed by atoms with Crippen LogP contribution in [0.25, 0.3) is 0 Å². The summed E-state index contributed by atoms with van der Waals surface area (Å²) in [5.74, 6) is -1.32. The smallest absolute Gasteiger partial charge is 0.338 e. The summed E-state index contributed by atoms with van der Waals surface area (Å²) in [5, 5.41) is 2.98. The van der Waals surface area contributed by atoms with Gasteiger partial charge in [0.2, 0.25) is 11.7 Å². The van der Waals surface area contributed by atoms with Crippen molar-refractivity contribution in [3.63, 3.8) is 0 Å². The number of anilines is 2. The van der Waals surface area contributed by atoms with Crippen LogP contribution < -0.4 is 10.2 Å². The maximum Gasteiger partial charge on any atom is 0.338 e. The Hall–Kier alpha value is -3.18. The fraction of sp³-hybridized carbons (Fsp3) is 0.238. The molecule has 2 aliphatic rings.